The molecule has 0 spiro atoms. The largest absolute Gasteiger partial charge is 0.285 e. The summed E-state index contributed by atoms with van der Waals surface area (Å²) in [7, 11) is 0. The van der Waals surface area contributed by atoms with Crippen LogP contribution in [0.2, 0.25) is 10.0 Å². The molecule has 0 aliphatic carbocycles. The van der Waals surface area contributed by atoms with E-state index in [1.165, 1.54) is 6.21 Å². The van der Waals surface area contributed by atoms with Gasteiger partial charge in [-0.15, -0.1) is 5.10 Å². The smallest absolute Gasteiger partial charge is 0.266 e. The molecule has 0 unspecified atom stereocenters. The molecule has 1 aromatic carbocycles. The van der Waals surface area contributed by atoms with Crippen molar-refractivity contribution in [3.8, 4) is 0 Å². The molecule has 0 aliphatic heterocycles. The Bertz CT molecular complexity index is 621. The first-order valence-corrected chi connectivity index (χ1v) is 6.69. The summed E-state index contributed by atoms with van der Waals surface area (Å²) in [4.78, 5) is 12.1. The van der Waals surface area contributed by atoms with Gasteiger partial charge in [-0.2, -0.15) is 5.10 Å². The molecule has 1 heterocycles. The van der Waals surface area contributed by atoms with Crippen molar-refractivity contribution >= 4 is 46.9 Å². The molecular weight excluding hydrogens is 307 g/mol. The van der Waals surface area contributed by atoms with E-state index >= 15 is 0 Å². The number of hydrogen-bond donors (Lipinski definition) is 1. The molecule has 0 aliphatic rings. The van der Waals surface area contributed by atoms with Crippen molar-refractivity contribution in [3.63, 3.8) is 0 Å². The number of nitrogens with one attached hydrogen (secondary N) is 1. The minimum Gasteiger partial charge on any atom is -0.266 e. The van der Waals surface area contributed by atoms with Crippen LogP contribution in [0.25, 0.3) is 0 Å². The fourth-order valence-corrected chi connectivity index (χ4v) is 2.32. The van der Waals surface area contributed by atoms with Crippen molar-refractivity contribution in [1.82, 2.24) is 15.0 Å². The number of carbonyl (C=O) groups excluding carboxylic acids is 1. The molecule has 0 saturated carbocycles. The van der Waals surface area contributed by atoms with Gasteiger partial charge in [0, 0.05) is 5.56 Å². The highest BCUT2D eigenvalue weighted by molar-refractivity contribution is 7.07. The van der Waals surface area contributed by atoms with Crippen LogP contribution in [0.4, 0.5) is 0 Å². The predicted molar refractivity (Wildman–Crippen MR) is 76.2 cm³/mol. The van der Waals surface area contributed by atoms with Gasteiger partial charge >= 0.3 is 0 Å². The van der Waals surface area contributed by atoms with Crippen molar-refractivity contribution in [2.45, 2.75) is 6.92 Å². The molecule has 1 amide bonds. The number of halogens is 2. The average molecular weight is 315 g/mol. The van der Waals surface area contributed by atoms with Gasteiger partial charge in [-0.25, -0.2) is 5.43 Å². The van der Waals surface area contributed by atoms with Crippen molar-refractivity contribution < 1.29 is 4.79 Å². The Hall–Kier alpha value is -1.50. The Labute approximate surface area is 123 Å². The highest BCUT2D eigenvalue weighted by Gasteiger charge is 2.12. The zero-order chi connectivity index (χ0) is 13.8. The number of nitrogens with zero attached hydrogens (tertiary/aromatic N) is 3. The minimum atomic E-state index is -0.369. The molecule has 1 aromatic heterocycles. The Morgan fingerprint density at radius 1 is 1.42 bits per heavy atom. The van der Waals surface area contributed by atoms with Crippen LogP contribution in [0.3, 0.4) is 0 Å². The van der Waals surface area contributed by atoms with Gasteiger partial charge in [0.1, 0.15) is 4.88 Å². The Morgan fingerprint density at radius 2 is 2.11 bits per heavy atom. The lowest BCUT2D eigenvalue weighted by Crippen LogP contribution is -2.17. The lowest BCUT2D eigenvalue weighted by atomic mass is 10.2. The monoisotopic (exact) mass is 314 g/mol. The topological polar surface area (TPSA) is 67.2 Å². The lowest BCUT2D eigenvalue weighted by molar-refractivity contribution is 0.0958. The molecular formula is C11H8Cl2N4OS. The molecule has 19 heavy (non-hydrogen) atoms. The highest BCUT2D eigenvalue weighted by Crippen LogP contribution is 2.22. The second kappa shape index (κ2) is 6.10. The van der Waals surface area contributed by atoms with E-state index in [1.54, 1.807) is 25.1 Å². The molecule has 0 fully saturated rings. The van der Waals surface area contributed by atoms with Crippen LogP contribution < -0.4 is 5.43 Å². The predicted octanol–water partition coefficient (Wildman–Crippen LogP) is 2.92. The number of carbonyl (C=O) groups is 1. The van der Waals surface area contributed by atoms with E-state index in [4.69, 9.17) is 23.2 Å². The molecule has 0 radical (unpaired) electrons. The average Bonchev–Trinajstić information content (AvgIpc) is 2.79. The fraction of sp³-hybridized carbons (Fsp3) is 0.0909. The third-order valence-corrected chi connectivity index (χ3v) is 3.70. The van der Waals surface area contributed by atoms with Crippen LogP contribution in [-0.2, 0) is 0 Å². The maximum atomic E-state index is 11.7. The zero-order valence-electron chi connectivity index (χ0n) is 9.72. The molecule has 98 valence electrons. The summed E-state index contributed by atoms with van der Waals surface area (Å²) in [5.74, 6) is -0.369. The lowest BCUT2D eigenvalue weighted by Gasteiger charge is -2.00. The van der Waals surface area contributed by atoms with Crippen LogP contribution in [0.5, 0.6) is 0 Å². The van der Waals surface area contributed by atoms with E-state index in [9.17, 15) is 4.79 Å². The first kappa shape index (κ1) is 13.9. The standard InChI is InChI=1S/C11H8Cl2N4OS/c1-6-10(19-17-15-6)11(18)16-14-5-7-8(12)3-2-4-9(7)13/h2-5H,1H3,(H,16,18)/b14-5-. The van der Waals surface area contributed by atoms with Gasteiger partial charge in [0.05, 0.1) is 22.0 Å². The van der Waals surface area contributed by atoms with E-state index in [1.807, 2.05) is 0 Å². The number of hydrogen-bond acceptors (Lipinski definition) is 5. The number of aryl methyl sites for hydroxylation is 1. The van der Waals surface area contributed by atoms with Crippen LogP contribution >= 0.6 is 34.7 Å². The van der Waals surface area contributed by atoms with Gasteiger partial charge in [-0.05, 0) is 30.6 Å². The Morgan fingerprint density at radius 3 is 2.68 bits per heavy atom. The van der Waals surface area contributed by atoms with Gasteiger partial charge in [0.25, 0.3) is 5.91 Å². The van der Waals surface area contributed by atoms with Gasteiger partial charge in [-0.1, -0.05) is 33.8 Å². The first-order valence-electron chi connectivity index (χ1n) is 5.16. The van der Waals surface area contributed by atoms with Crippen LogP contribution in [0, 0.1) is 6.92 Å². The quantitative estimate of drug-likeness (QED) is 0.699. The van der Waals surface area contributed by atoms with Crippen molar-refractivity contribution in [2.75, 3.05) is 0 Å². The van der Waals surface area contributed by atoms with Crippen molar-refractivity contribution in [1.29, 1.82) is 0 Å². The zero-order valence-corrected chi connectivity index (χ0v) is 12.1. The summed E-state index contributed by atoms with van der Waals surface area (Å²) < 4.78 is 3.67. The van der Waals surface area contributed by atoms with Crippen LogP contribution in [0.1, 0.15) is 20.9 Å². The normalized spacial score (nSPS) is 10.9. The minimum absolute atomic E-state index is 0.369. The number of rotatable bonds is 3. The number of hydrazone groups is 1. The van der Waals surface area contributed by atoms with Gasteiger partial charge in [-0.3, -0.25) is 4.79 Å². The van der Waals surface area contributed by atoms with Crippen molar-refractivity contribution in [3.05, 3.63) is 44.4 Å². The summed E-state index contributed by atoms with van der Waals surface area (Å²) in [6.07, 6.45) is 1.40. The number of benzene rings is 1. The van der Waals surface area contributed by atoms with E-state index < -0.39 is 0 Å². The van der Waals surface area contributed by atoms with Crippen LogP contribution in [0.15, 0.2) is 23.3 Å². The summed E-state index contributed by atoms with van der Waals surface area (Å²) in [5.41, 5.74) is 3.48. The van der Waals surface area contributed by atoms with Crippen molar-refractivity contribution in [2.24, 2.45) is 5.10 Å². The molecule has 8 heteroatoms. The molecule has 5 nitrogen and oxygen atoms in total. The number of amides is 1. The summed E-state index contributed by atoms with van der Waals surface area (Å²) in [6.45, 7) is 1.70. The van der Waals surface area contributed by atoms with Gasteiger partial charge in [0.2, 0.25) is 0 Å². The first-order chi connectivity index (χ1) is 9.09. The van der Waals surface area contributed by atoms with E-state index in [2.05, 4.69) is 20.1 Å². The third kappa shape index (κ3) is 3.28. The maximum Gasteiger partial charge on any atom is 0.285 e. The molecule has 1 N–H and O–H groups in total. The molecule has 0 atom stereocenters. The second-order valence-corrected chi connectivity index (χ2v) is 5.09. The van der Waals surface area contributed by atoms with E-state index in [0.29, 0.717) is 26.2 Å². The number of aromatic nitrogens is 2. The van der Waals surface area contributed by atoms with Crippen LogP contribution in [-0.4, -0.2) is 21.7 Å². The SMILES string of the molecule is Cc1nnsc1C(=O)N/N=C\c1c(Cl)cccc1Cl. The molecule has 0 saturated heterocycles. The Balaban J connectivity index is 2.09. The highest BCUT2D eigenvalue weighted by atomic mass is 35.5. The maximum absolute atomic E-state index is 11.7. The van der Waals surface area contributed by atoms with E-state index in [-0.39, 0.29) is 5.91 Å². The fourth-order valence-electron chi connectivity index (χ4n) is 1.28. The Kier molecular flexibility index (Phi) is 4.47. The second-order valence-electron chi connectivity index (χ2n) is 3.52. The molecule has 0 bridgehead atoms. The third-order valence-electron chi connectivity index (χ3n) is 2.22. The molecule has 2 rings (SSSR count). The summed E-state index contributed by atoms with van der Waals surface area (Å²) in [5, 5.41) is 8.48. The summed E-state index contributed by atoms with van der Waals surface area (Å²) >= 11 is 12.9. The van der Waals surface area contributed by atoms with E-state index in [0.717, 1.165) is 11.5 Å². The molecule has 2 aromatic rings. The summed E-state index contributed by atoms with van der Waals surface area (Å²) in [6, 6.07) is 5.11. The van der Waals surface area contributed by atoms with Gasteiger partial charge in [0.15, 0.2) is 0 Å². The van der Waals surface area contributed by atoms with Gasteiger partial charge < -0.3 is 0 Å².